The van der Waals surface area contributed by atoms with Crippen LogP contribution in [0.1, 0.15) is 11.3 Å². The van der Waals surface area contributed by atoms with E-state index < -0.39 is 0 Å². The summed E-state index contributed by atoms with van der Waals surface area (Å²) in [4.78, 5) is 7.35. The third kappa shape index (κ3) is 2.37. The predicted molar refractivity (Wildman–Crippen MR) is 69.3 cm³/mol. The monoisotopic (exact) mass is 268 g/mol. The van der Waals surface area contributed by atoms with Gasteiger partial charge in [-0.1, -0.05) is 23.8 Å². The Morgan fingerprint density at radius 1 is 1.35 bits per heavy atom. The fourth-order valence-electron chi connectivity index (χ4n) is 1.45. The van der Waals surface area contributed by atoms with Crippen LogP contribution in [0.25, 0.3) is 11.4 Å². The van der Waals surface area contributed by atoms with Crippen molar-refractivity contribution in [2.75, 3.05) is 0 Å². The summed E-state index contributed by atoms with van der Waals surface area (Å²) in [6.45, 7) is 3.81. The van der Waals surface area contributed by atoms with Crippen LogP contribution in [0, 0.1) is 24.3 Å². The molecule has 0 atom stereocenters. The molecule has 1 aromatic heterocycles. The number of nitrogens with zero attached hydrogens (tertiary/aromatic N) is 1. The van der Waals surface area contributed by atoms with Crippen molar-refractivity contribution >= 4 is 23.8 Å². The van der Waals surface area contributed by atoms with E-state index in [-0.39, 0.29) is 5.82 Å². The second kappa shape index (κ2) is 4.55. The number of aromatic amines is 1. The molecule has 0 aliphatic rings. The Morgan fingerprint density at radius 2 is 2.06 bits per heavy atom. The Balaban J connectivity index is 2.65. The van der Waals surface area contributed by atoms with E-state index in [0.29, 0.717) is 21.1 Å². The molecule has 1 aromatic carbocycles. The van der Waals surface area contributed by atoms with Crippen molar-refractivity contribution in [3.63, 3.8) is 0 Å². The van der Waals surface area contributed by atoms with Gasteiger partial charge in [0, 0.05) is 16.8 Å². The van der Waals surface area contributed by atoms with Crippen molar-refractivity contribution in [3.8, 4) is 11.4 Å². The molecule has 0 unspecified atom stereocenters. The second-order valence-corrected chi connectivity index (χ2v) is 4.56. The zero-order valence-corrected chi connectivity index (χ0v) is 10.9. The molecular formula is C12H10ClFN2S. The highest BCUT2D eigenvalue weighted by Gasteiger charge is 2.08. The summed E-state index contributed by atoms with van der Waals surface area (Å²) >= 11 is 11.1. The molecule has 0 bridgehead atoms. The fraction of sp³-hybridized carbons (Fsp3) is 0.167. The summed E-state index contributed by atoms with van der Waals surface area (Å²) in [6.07, 6.45) is 0. The van der Waals surface area contributed by atoms with Gasteiger partial charge in [0.15, 0.2) is 0 Å². The summed E-state index contributed by atoms with van der Waals surface area (Å²) in [5.41, 5.74) is 2.50. The fourth-order valence-corrected chi connectivity index (χ4v) is 1.96. The quantitative estimate of drug-likeness (QED) is 0.785. The number of benzene rings is 1. The molecule has 17 heavy (non-hydrogen) atoms. The van der Waals surface area contributed by atoms with Gasteiger partial charge < -0.3 is 4.98 Å². The Hall–Kier alpha value is -1.26. The van der Waals surface area contributed by atoms with Gasteiger partial charge in [0.05, 0.1) is 5.02 Å². The van der Waals surface area contributed by atoms with Crippen LogP contribution in [0.15, 0.2) is 18.2 Å². The molecule has 0 aliphatic carbocycles. The highest BCUT2D eigenvalue weighted by Crippen LogP contribution is 2.26. The topological polar surface area (TPSA) is 28.7 Å². The molecule has 0 saturated carbocycles. The van der Waals surface area contributed by atoms with Crippen molar-refractivity contribution < 1.29 is 4.39 Å². The first-order valence-electron chi connectivity index (χ1n) is 5.02. The summed E-state index contributed by atoms with van der Waals surface area (Å²) in [5, 5.41) is 0.311. The van der Waals surface area contributed by atoms with Gasteiger partial charge >= 0.3 is 0 Å². The predicted octanol–water partition coefficient (Wildman–Crippen LogP) is 4.22. The van der Waals surface area contributed by atoms with Crippen molar-refractivity contribution in [1.29, 1.82) is 0 Å². The van der Waals surface area contributed by atoms with E-state index in [4.69, 9.17) is 23.8 Å². The summed E-state index contributed by atoms with van der Waals surface area (Å²) in [6, 6.07) is 4.18. The Morgan fingerprint density at radius 3 is 2.65 bits per heavy atom. The van der Waals surface area contributed by atoms with Crippen LogP contribution in [0.4, 0.5) is 4.39 Å². The van der Waals surface area contributed by atoms with Gasteiger partial charge in [-0.3, -0.25) is 0 Å². The smallest absolute Gasteiger partial charge is 0.140 e. The first-order chi connectivity index (χ1) is 7.99. The third-order valence-corrected chi connectivity index (χ3v) is 3.30. The molecular weight excluding hydrogens is 259 g/mol. The SMILES string of the molecule is Cc1[nH]c(-c2ccc(F)cc2Cl)nc(=S)c1C. The van der Waals surface area contributed by atoms with Crippen LogP contribution in [0.5, 0.6) is 0 Å². The lowest BCUT2D eigenvalue weighted by Crippen LogP contribution is -1.97. The van der Waals surface area contributed by atoms with E-state index in [9.17, 15) is 4.39 Å². The first kappa shape index (κ1) is 12.2. The van der Waals surface area contributed by atoms with Gasteiger partial charge in [0.25, 0.3) is 0 Å². The largest absolute Gasteiger partial charge is 0.343 e. The van der Waals surface area contributed by atoms with Crippen LogP contribution < -0.4 is 0 Å². The lowest BCUT2D eigenvalue weighted by molar-refractivity contribution is 0.628. The summed E-state index contributed by atoms with van der Waals surface area (Å²) in [5.74, 6) is 0.185. The minimum atomic E-state index is -0.374. The average Bonchev–Trinajstić information content (AvgIpc) is 2.25. The van der Waals surface area contributed by atoms with Gasteiger partial charge in [0.1, 0.15) is 16.3 Å². The molecule has 1 heterocycles. The van der Waals surface area contributed by atoms with Crippen LogP contribution in [-0.4, -0.2) is 9.97 Å². The standard InChI is InChI=1S/C12H10ClFN2S/c1-6-7(2)15-11(16-12(6)17)9-4-3-8(14)5-10(9)13/h3-5H,1-2H3,(H,15,16,17). The number of aromatic nitrogens is 2. The van der Waals surface area contributed by atoms with E-state index in [1.165, 1.54) is 12.1 Å². The van der Waals surface area contributed by atoms with Crippen LogP contribution in [0.2, 0.25) is 5.02 Å². The highest BCUT2D eigenvalue weighted by atomic mass is 35.5. The van der Waals surface area contributed by atoms with Gasteiger partial charge in [-0.2, -0.15) is 0 Å². The molecule has 88 valence electrons. The maximum Gasteiger partial charge on any atom is 0.140 e. The highest BCUT2D eigenvalue weighted by molar-refractivity contribution is 7.71. The number of aryl methyl sites for hydroxylation is 1. The van der Waals surface area contributed by atoms with Crippen molar-refractivity contribution in [3.05, 3.63) is 44.9 Å². The van der Waals surface area contributed by atoms with E-state index in [1.54, 1.807) is 6.07 Å². The van der Waals surface area contributed by atoms with Crippen LogP contribution in [-0.2, 0) is 0 Å². The molecule has 0 saturated heterocycles. The summed E-state index contributed by atoms with van der Waals surface area (Å²) < 4.78 is 13.5. The zero-order chi connectivity index (χ0) is 12.6. The average molecular weight is 269 g/mol. The van der Waals surface area contributed by atoms with E-state index in [0.717, 1.165) is 11.3 Å². The van der Waals surface area contributed by atoms with E-state index >= 15 is 0 Å². The maximum absolute atomic E-state index is 13.0. The normalized spacial score (nSPS) is 10.6. The maximum atomic E-state index is 13.0. The van der Waals surface area contributed by atoms with Crippen molar-refractivity contribution in [2.45, 2.75) is 13.8 Å². The third-order valence-electron chi connectivity index (χ3n) is 2.59. The molecule has 0 fully saturated rings. The number of hydrogen-bond donors (Lipinski definition) is 1. The van der Waals surface area contributed by atoms with Gasteiger partial charge in [-0.25, -0.2) is 9.37 Å². The molecule has 0 aliphatic heterocycles. The molecule has 2 rings (SSSR count). The van der Waals surface area contributed by atoms with Gasteiger partial charge in [-0.05, 0) is 32.0 Å². The molecule has 0 spiro atoms. The first-order valence-corrected chi connectivity index (χ1v) is 5.80. The second-order valence-electron chi connectivity index (χ2n) is 3.76. The zero-order valence-electron chi connectivity index (χ0n) is 9.34. The molecule has 5 heteroatoms. The van der Waals surface area contributed by atoms with Gasteiger partial charge in [0.2, 0.25) is 0 Å². The Labute approximate surface area is 108 Å². The van der Waals surface area contributed by atoms with Crippen LogP contribution in [0.3, 0.4) is 0 Å². The number of rotatable bonds is 1. The lowest BCUT2D eigenvalue weighted by Gasteiger charge is -2.07. The Bertz CT molecular complexity index is 637. The lowest BCUT2D eigenvalue weighted by atomic mass is 10.2. The van der Waals surface area contributed by atoms with Crippen LogP contribution >= 0.6 is 23.8 Å². The molecule has 1 N–H and O–H groups in total. The molecule has 0 amide bonds. The van der Waals surface area contributed by atoms with E-state index in [2.05, 4.69) is 9.97 Å². The molecule has 2 nitrogen and oxygen atoms in total. The van der Waals surface area contributed by atoms with E-state index in [1.807, 2.05) is 13.8 Å². The van der Waals surface area contributed by atoms with Crippen molar-refractivity contribution in [1.82, 2.24) is 9.97 Å². The number of nitrogens with one attached hydrogen (secondary N) is 1. The van der Waals surface area contributed by atoms with Gasteiger partial charge in [-0.15, -0.1) is 0 Å². The molecule has 0 radical (unpaired) electrons. The molecule has 2 aromatic rings. The minimum absolute atomic E-state index is 0.311. The number of H-pyrrole nitrogens is 1. The number of halogens is 2. The van der Waals surface area contributed by atoms with Crippen molar-refractivity contribution in [2.24, 2.45) is 0 Å². The minimum Gasteiger partial charge on any atom is -0.343 e. The number of hydrogen-bond acceptors (Lipinski definition) is 2. The Kier molecular flexibility index (Phi) is 3.26. The summed E-state index contributed by atoms with van der Waals surface area (Å²) in [7, 11) is 0.